The van der Waals surface area contributed by atoms with E-state index in [4.69, 9.17) is 0 Å². The molecule has 134 valence electrons. The monoisotopic (exact) mass is 349 g/mol. The van der Waals surface area contributed by atoms with E-state index in [1.807, 2.05) is 61.7 Å². The van der Waals surface area contributed by atoms with E-state index in [1.54, 1.807) is 12.4 Å². The molecule has 0 unspecified atom stereocenters. The molecule has 5 nitrogen and oxygen atoms in total. The van der Waals surface area contributed by atoms with Crippen LogP contribution in [0.4, 0.5) is 0 Å². The first kappa shape index (κ1) is 17.9. The van der Waals surface area contributed by atoms with Gasteiger partial charge in [0.25, 0.3) is 0 Å². The average Bonchev–Trinajstić information content (AvgIpc) is 2.87. The number of carboxylic acids is 1. The van der Waals surface area contributed by atoms with Crippen molar-refractivity contribution in [3.8, 4) is 5.69 Å². The smallest absolute Gasteiger partial charge is 0.337 e. The van der Waals surface area contributed by atoms with Gasteiger partial charge in [-0.3, -0.25) is 4.98 Å². The van der Waals surface area contributed by atoms with Gasteiger partial charge < -0.3 is 15.0 Å². The van der Waals surface area contributed by atoms with Gasteiger partial charge in [0, 0.05) is 48.1 Å². The predicted octanol–water partition coefficient (Wildman–Crippen LogP) is 3.79. The van der Waals surface area contributed by atoms with Gasteiger partial charge in [0.05, 0.1) is 5.56 Å². The van der Waals surface area contributed by atoms with Crippen molar-refractivity contribution >= 4 is 5.97 Å². The van der Waals surface area contributed by atoms with E-state index < -0.39 is 5.97 Å². The van der Waals surface area contributed by atoms with Crippen LogP contribution in [0.15, 0.2) is 48.8 Å². The highest BCUT2D eigenvalue weighted by Crippen LogP contribution is 2.26. The molecule has 0 aliphatic carbocycles. The minimum atomic E-state index is -0.894. The van der Waals surface area contributed by atoms with Crippen LogP contribution in [-0.2, 0) is 13.1 Å². The van der Waals surface area contributed by atoms with Crippen molar-refractivity contribution < 1.29 is 9.90 Å². The summed E-state index contributed by atoms with van der Waals surface area (Å²) in [6.45, 7) is 7.00. The number of nitrogens with zero attached hydrogens (tertiary/aromatic N) is 2. The summed E-state index contributed by atoms with van der Waals surface area (Å²) in [7, 11) is 0. The maximum atomic E-state index is 11.9. The predicted molar refractivity (Wildman–Crippen MR) is 102 cm³/mol. The number of carbonyl (C=O) groups is 1. The van der Waals surface area contributed by atoms with Crippen molar-refractivity contribution in [1.82, 2.24) is 14.9 Å². The Morgan fingerprint density at radius 3 is 2.42 bits per heavy atom. The number of nitrogens with one attached hydrogen (secondary N) is 1. The van der Waals surface area contributed by atoms with Gasteiger partial charge in [-0.1, -0.05) is 23.8 Å². The van der Waals surface area contributed by atoms with Crippen LogP contribution in [0.5, 0.6) is 0 Å². The van der Waals surface area contributed by atoms with Gasteiger partial charge in [-0.05, 0) is 44.5 Å². The molecule has 0 saturated carbocycles. The van der Waals surface area contributed by atoms with Crippen molar-refractivity contribution in [3.05, 3.63) is 82.4 Å². The molecule has 0 amide bonds. The fourth-order valence-electron chi connectivity index (χ4n) is 3.31. The van der Waals surface area contributed by atoms with Gasteiger partial charge >= 0.3 is 5.97 Å². The van der Waals surface area contributed by atoms with Crippen LogP contribution in [0, 0.1) is 20.8 Å². The lowest BCUT2D eigenvalue weighted by Gasteiger charge is -2.10. The summed E-state index contributed by atoms with van der Waals surface area (Å²) in [6.07, 6.45) is 3.54. The summed E-state index contributed by atoms with van der Waals surface area (Å²) < 4.78 is 2.02. The molecule has 0 aliphatic heterocycles. The maximum Gasteiger partial charge on any atom is 0.337 e. The van der Waals surface area contributed by atoms with Gasteiger partial charge in [0.2, 0.25) is 0 Å². The Kier molecular flexibility index (Phi) is 5.19. The van der Waals surface area contributed by atoms with Crippen LogP contribution in [0.2, 0.25) is 0 Å². The lowest BCUT2D eigenvalue weighted by Crippen LogP contribution is -2.15. The first-order chi connectivity index (χ1) is 12.5. The third-order valence-corrected chi connectivity index (χ3v) is 4.63. The Bertz CT molecular complexity index is 913. The standard InChI is InChI=1S/C21H23N3O2/c1-14-6-8-18(9-7-14)24-15(2)19(20(16(24)3)21(25)26)13-23-12-17-5-4-10-22-11-17/h4-11,23H,12-13H2,1-3H3,(H,25,26). The minimum absolute atomic E-state index is 0.377. The van der Waals surface area contributed by atoms with E-state index in [2.05, 4.69) is 10.3 Å². The minimum Gasteiger partial charge on any atom is -0.478 e. The number of aromatic nitrogens is 2. The second-order valence-corrected chi connectivity index (χ2v) is 6.47. The molecule has 0 atom stereocenters. The molecule has 0 saturated heterocycles. The van der Waals surface area contributed by atoms with E-state index in [-0.39, 0.29) is 0 Å². The molecule has 2 aromatic heterocycles. The number of benzene rings is 1. The van der Waals surface area contributed by atoms with E-state index in [1.165, 1.54) is 5.56 Å². The molecule has 0 fully saturated rings. The highest BCUT2D eigenvalue weighted by atomic mass is 16.4. The second-order valence-electron chi connectivity index (χ2n) is 6.47. The van der Waals surface area contributed by atoms with Crippen LogP contribution in [0.25, 0.3) is 5.69 Å². The topological polar surface area (TPSA) is 67.2 Å². The van der Waals surface area contributed by atoms with Crippen LogP contribution < -0.4 is 5.32 Å². The number of aryl methyl sites for hydroxylation is 1. The van der Waals surface area contributed by atoms with Gasteiger partial charge in [-0.25, -0.2) is 4.79 Å². The molecule has 0 spiro atoms. The van der Waals surface area contributed by atoms with Crippen molar-refractivity contribution in [2.45, 2.75) is 33.9 Å². The SMILES string of the molecule is Cc1ccc(-n2c(C)c(CNCc3cccnc3)c(C(=O)O)c2C)cc1. The number of carboxylic acid groups (broad SMARTS) is 1. The summed E-state index contributed by atoms with van der Waals surface area (Å²) in [4.78, 5) is 16.0. The molecular formula is C21H23N3O2. The summed E-state index contributed by atoms with van der Waals surface area (Å²) >= 11 is 0. The van der Waals surface area contributed by atoms with Crippen molar-refractivity contribution in [1.29, 1.82) is 0 Å². The molecule has 2 heterocycles. The van der Waals surface area contributed by atoms with Gasteiger partial charge in [-0.2, -0.15) is 0 Å². The van der Waals surface area contributed by atoms with E-state index in [0.717, 1.165) is 28.2 Å². The molecule has 0 aliphatic rings. The molecule has 3 aromatic rings. The van der Waals surface area contributed by atoms with Gasteiger partial charge in [0.15, 0.2) is 0 Å². The maximum absolute atomic E-state index is 11.9. The fourth-order valence-corrected chi connectivity index (χ4v) is 3.31. The summed E-state index contributed by atoms with van der Waals surface area (Å²) in [6, 6.07) is 12.0. The van der Waals surface area contributed by atoms with Gasteiger partial charge in [0.1, 0.15) is 0 Å². The van der Waals surface area contributed by atoms with E-state index >= 15 is 0 Å². The normalized spacial score (nSPS) is 10.9. The Hall–Kier alpha value is -2.92. The number of hydrogen-bond donors (Lipinski definition) is 2. The molecule has 5 heteroatoms. The Morgan fingerprint density at radius 1 is 1.08 bits per heavy atom. The van der Waals surface area contributed by atoms with Gasteiger partial charge in [-0.15, -0.1) is 0 Å². The lowest BCUT2D eigenvalue weighted by atomic mass is 10.1. The Labute approximate surface area is 153 Å². The zero-order valence-electron chi connectivity index (χ0n) is 15.3. The fraction of sp³-hybridized carbons (Fsp3) is 0.238. The lowest BCUT2D eigenvalue weighted by molar-refractivity contribution is 0.0695. The molecule has 3 rings (SSSR count). The Morgan fingerprint density at radius 2 is 1.81 bits per heavy atom. The Balaban J connectivity index is 1.92. The zero-order valence-corrected chi connectivity index (χ0v) is 15.3. The summed E-state index contributed by atoms with van der Waals surface area (Å²) in [5.74, 6) is -0.894. The number of hydrogen-bond acceptors (Lipinski definition) is 3. The first-order valence-electron chi connectivity index (χ1n) is 8.59. The third kappa shape index (κ3) is 3.53. The first-order valence-corrected chi connectivity index (χ1v) is 8.59. The quantitative estimate of drug-likeness (QED) is 0.711. The number of rotatable bonds is 6. The zero-order chi connectivity index (χ0) is 18.7. The highest BCUT2D eigenvalue weighted by molar-refractivity contribution is 5.91. The molecule has 2 N–H and O–H groups in total. The van der Waals surface area contributed by atoms with Crippen LogP contribution in [0.1, 0.15) is 38.4 Å². The summed E-state index contributed by atoms with van der Waals surface area (Å²) in [5, 5.41) is 13.1. The van der Waals surface area contributed by atoms with Crippen LogP contribution in [-0.4, -0.2) is 20.6 Å². The van der Waals surface area contributed by atoms with Crippen molar-refractivity contribution in [2.24, 2.45) is 0 Å². The van der Waals surface area contributed by atoms with E-state index in [9.17, 15) is 9.90 Å². The molecule has 0 radical (unpaired) electrons. The van der Waals surface area contributed by atoms with Crippen LogP contribution >= 0.6 is 0 Å². The molecule has 26 heavy (non-hydrogen) atoms. The van der Waals surface area contributed by atoms with Crippen molar-refractivity contribution in [2.75, 3.05) is 0 Å². The van der Waals surface area contributed by atoms with Crippen LogP contribution in [0.3, 0.4) is 0 Å². The number of pyridine rings is 1. The average molecular weight is 349 g/mol. The highest BCUT2D eigenvalue weighted by Gasteiger charge is 2.23. The second kappa shape index (κ2) is 7.54. The third-order valence-electron chi connectivity index (χ3n) is 4.63. The summed E-state index contributed by atoms with van der Waals surface area (Å²) in [5.41, 5.74) is 6.11. The van der Waals surface area contributed by atoms with E-state index in [0.29, 0.717) is 18.7 Å². The number of aromatic carboxylic acids is 1. The molecule has 0 bridgehead atoms. The van der Waals surface area contributed by atoms with Crippen molar-refractivity contribution in [3.63, 3.8) is 0 Å². The largest absolute Gasteiger partial charge is 0.478 e. The molecule has 1 aromatic carbocycles. The molecular weight excluding hydrogens is 326 g/mol.